The zero-order chi connectivity index (χ0) is 14.5. The zero-order valence-electron chi connectivity index (χ0n) is 13.2. The highest BCUT2D eigenvalue weighted by molar-refractivity contribution is 5.25. The summed E-state index contributed by atoms with van der Waals surface area (Å²) in [7, 11) is 1.99. The van der Waals surface area contributed by atoms with Gasteiger partial charge in [0.1, 0.15) is 6.10 Å². The molecular weight excluding hydrogens is 250 g/mol. The smallest absolute Gasteiger partial charge is 0.157 e. The summed E-state index contributed by atoms with van der Waals surface area (Å²) in [5.74, 6) is 1.52. The molecule has 20 heavy (non-hydrogen) atoms. The molecule has 0 bridgehead atoms. The molecule has 1 atom stereocenters. The third kappa shape index (κ3) is 3.76. The van der Waals surface area contributed by atoms with Gasteiger partial charge in [0, 0.05) is 18.0 Å². The second-order valence-electron chi connectivity index (χ2n) is 5.65. The largest absolute Gasteiger partial charge is 0.370 e. The molecule has 1 aromatic heterocycles. The van der Waals surface area contributed by atoms with Gasteiger partial charge in [0.25, 0.3) is 0 Å². The molecule has 1 N–H and O–H groups in total. The van der Waals surface area contributed by atoms with Crippen LogP contribution in [0.5, 0.6) is 0 Å². The van der Waals surface area contributed by atoms with E-state index in [2.05, 4.69) is 19.2 Å². The van der Waals surface area contributed by atoms with E-state index >= 15 is 0 Å². The van der Waals surface area contributed by atoms with E-state index in [9.17, 15) is 0 Å². The average Bonchev–Trinajstić information content (AvgIpc) is 3.23. The second-order valence-corrected chi connectivity index (χ2v) is 5.65. The number of hydrogen-bond donors (Lipinski definition) is 1. The summed E-state index contributed by atoms with van der Waals surface area (Å²) >= 11 is 0. The molecule has 1 aliphatic rings. The molecule has 1 unspecified atom stereocenters. The van der Waals surface area contributed by atoms with Crippen molar-refractivity contribution in [1.29, 1.82) is 0 Å². The number of ether oxygens (including phenoxy) is 1. The van der Waals surface area contributed by atoms with Crippen molar-refractivity contribution in [2.24, 2.45) is 5.92 Å². The summed E-state index contributed by atoms with van der Waals surface area (Å²) in [6.45, 7) is 8.00. The van der Waals surface area contributed by atoms with Crippen LogP contribution in [0.15, 0.2) is 0 Å². The van der Waals surface area contributed by atoms with E-state index in [1.807, 2.05) is 14.0 Å². The van der Waals surface area contributed by atoms with Gasteiger partial charge < -0.3 is 10.1 Å². The summed E-state index contributed by atoms with van der Waals surface area (Å²) in [6.07, 6.45) is 4.76. The molecule has 0 aromatic carbocycles. The summed E-state index contributed by atoms with van der Waals surface area (Å²) in [5.41, 5.74) is 3.54. The maximum Gasteiger partial charge on any atom is 0.157 e. The van der Waals surface area contributed by atoms with E-state index in [0.717, 1.165) is 43.2 Å². The molecule has 1 fully saturated rings. The van der Waals surface area contributed by atoms with Gasteiger partial charge in [-0.05, 0) is 71.5 Å². The van der Waals surface area contributed by atoms with Gasteiger partial charge in [-0.15, -0.1) is 0 Å². The van der Waals surface area contributed by atoms with Crippen LogP contribution in [-0.4, -0.2) is 30.2 Å². The SMILES string of the molecule is CCOC(c1nc(C)c(CCCNC)c(C)n1)C1CC1. The van der Waals surface area contributed by atoms with Crippen LogP contribution in [0.2, 0.25) is 0 Å². The maximum absolute atomic E-state index is 5.87. The Kier molecular flexibility index (Phi) is 5.49. The number of nitrogens with one attached hydrogen (secondary N) is 1. The second kappa shape index (κ2) is 7.14. The van der Waals surface area contributed by atoms with Gasteiger partial charge in [-0.25, -0.2) is 9.97 Å². The van der Waals surface area contributed by atoms with Crippen LogP contribution >= 0.6 is 0 Å². The van der Waals surface area contributed by atoms with Gasteiger partial charge in [-0.3, -0.25) is 0 Å². The van der Waals surface area contributed by atoms with Crippen molar-refractivity contribution in [3.05, 3.63) is 22.8 Å². The molecule has 4 nitrogen and oxygen atoms in total. The first kappa shape index (κ1) is 15.4. The van der Waals surface area contributed by atoms with Gasteiger partial charge in [0.2, 0.25) is 0 Å². The van der Waals surface area contributed by atoms with Crippen molar-refractivity contribution >= 4 is 0 Å². The Morgan fingerprint density at radius 3 is 2.40 bits per heavy atom. The minimum absolute atomic E-state index is 0.101. The van der Waals surface area contributed by atoms with Crippen LogP contribution in [0.3, 0.4) is 0 Å². The van der Waals surface area contributed by atoms with Crippen molar-refractivity contribution in [2.75, 3.05) is 20.2 Å². The first-order valence-electron chi connectivity index (χ1n) is 7.77. The number of aromatic nitrogens is 2. The molecule has 1 saturated carbocycles. The van der Waals surface area contributed by atoms with Crippen LogP contribution < -0.4 is 5.32 Å². The molecule has 4 heteroatoms. The summed E-state index contributed by atoms with van der Waals surface area (Å²) < 4.78 is 5.87. The van der Waals surface area contributed by atoms with E-state index in [1.165, 1.54) is 18.4 Å². The van der Waals surface area contributed by atoms with Gasteiger partial charge in [-0.1, -0.05) is 0 Å². The topological polar surface area (TPSA) is 47.0 Å². The van der Waals surface area contributed by atoms with E-state index in [1.54, 1.807) is 0 Å². The number of aryl methyl sites for hydroxylation is 2. The molecule has 0 amide bonds. The highest BCUT2D eigenvalue weighted by atomic mass is 16.5. The van der Waals surface area contributed by atoms with Crippen molar-refractivity contribution < 1.29 is 4.74 Å². The zero-order valence-corrected chi connectivity index (χ0v) is 13.2. The van der Waals surface area contributed by atoms with Crippen molar-refractivity contribution in [1.82, 2.24) is 15.3 Å². The highest BCUT2D eigenvalue weighted by Gasteiger charge is 2.35. The Labute approximate surface area is 122 Å². The first-order valence-corrected chi connectivity index (χ1v) is 7.77. The number of nitrogens with zero attached hydrogens (tertiary/aromatic N) is 2. The van der Waals surface area contributed by atoms with E-state index in [-0.39, 0.29) is 6.10 Å². The number of hydrogen-bond acceptors (Lipinski definition) is 4. The Hall–Kier alpha value is -1.00. The lowest BCUT2D eigenvalue weighted by Crippen LogP contribution is -2.15. The Balaban J connectivity index is 2.15. The lowest BCUT2D eigenvalue weighted by atomic mass is 10.1. The molecule has 0 radical (unpaired) electrons. The van der Waals surface area contributed by atoms with E-state index < -0.39 is 0 Å². The van der Waals surface area contributed by atoms with Crippen LogP contribution in [0.1, 0.15) is 55.1 Å². The molecule has 0 aliphatic heterocycles. The minimum Gasteiger partial charge on any atom is -0.370 e. The molecule has 1 aromatic rings. The standard InChI is InChI=1S/C16H27N3O/c1-5-20-15(13-8-9-13)16-18-11(2)14(12(3)19-16)7-6-10-17-4/h13,15,17H,5-10H2,1-4H3. The molecular formula is C16H27N3O. The highest BCUT2D eigenvalue weighted by Crippen LogP contribution is 2.42. The number of rotatable bonds is 8. The molecule has 2 rings (SSSR count). The molecule has 0 saturated heterocycles. The quantitative estimate of drug-likeness (QED) is 0.742. The Morgan fingerprint density at radius 1 is 1.25 bits per heavy atom. The maximum atomic E-state index is 5.87. The van der Waals surface area contributed by atoms with Crippen LogP contribution in [0.4, 0.5) is 0 Å². The molecule has 1 heterocycles. The fourth-order valence-corrected chi connectivity index (χ4v) is 2.70. The predicted octanol–water partition coefficient (Wildman–Crippen LogP) is 2.73. The lowest BCUT2D eigenvalue weighted by Gasteiger charge is -2.18. The van der Waals surface area contributed by atoms with Crippen molar-refractivity contribution in [3.8, 4) is 0 Å². The normalized spacial score (nSPS) is 16.4. The van der Waals surface area contributed by atoms with E-state index in [0.29, 0.717) is 5.92 Å². The van der Waals surface area contributed by atoms with Crippen LogP contribution in [-0.2, 0) is 11.2 Å². The fourth-order valence-electron chi connectivity index (χ4n) is 2.70. The average molecular weight is 277 g/mol. The Bertz CT molecular complexity index is 420. The van der Waals surface area contributed by atoms with Gasteiger partial charge in [0.05, 0.1) is 0 Å². The minimum atomic E-state index is 0.101. The molecule has 1 aliphatic carbocycles. The molecule has 112 valence electrons. The summed E-state index contributed by atoms with van der Waals surface area (Å²) in [5, 5.41) is 3.19. The fraction of sp³-hybridized carbons (Fsp3) is 0.750. The Morgan fingerprint density at radius 2 is 1.90 bits per heavy atom. The van der Waals surface area contributed by atoms with Gasteiger partial charge in [0.15, 0.2) is 5.82 Å². The summed E-state index contributed by atoms with van der Waals surface area (Å²) in [6, 6.07) is 0. The van der Waals surface area contributed by atoms with Crippen LogP contribution in [0.25, 0.3) is 0 Å². The third-order valence-corrected chi connectivity index (χ3v) is 3.94. The predicted molar refractivity (Wildman–Crippen MR) is 80.8 cm³/mol. The monoisotopic (exact) mass is 277 g/mol. The van der Waals surface area contributed by atoms with Gasteiger partial charge in [-0.2, -0.15) is 0 Å². The molecule has 0 spiro atoms. The van der Waals surface area contributed by atoms with Gasteiger partial charge >= 0.3 is 0 Å². The van der Waals surface area contributed by atoms with Crippen molar-refractivity contribution in [3.63, 3.8) is 0 Å². The first-order chi connectivity index (χ1) is 9.67. The van der Waals surface area contributed by atoms with E-state index in [4.69, 9.17) is 14.7 Å². The van der Waals surface area contributed by atoms with Crippen molar-refractivity contribution in [2.45, 2.75) is 52.6 Å². The third-order valence-electron chi connectivity index (χ3n) is 3.94. The van der Waals surface area contributed by atoms with Crippen LogP contribution in [0, 0.1) is 19.8 Å². The summed E-state index contributed by atoms with van der Waals surface area (Å²) in [4.78, 5) is 9.47. The lowest BCUT2D eigenvalue weighted by molar-refractivity contribution is 0.0397.